The first-order chi connectivity index (χ1) is 13.7. The number of rotatable bonds is 6. The van der Waals surface area contributed by atoms with Crippen molar-refractivity contribution < 1.29 is 33.2 Å². The summed E-state index contributed by atoms with van der Waals surface area (Å²) < 4.78 is 33.9. The topological polar surface area (TPSA) is 72.5 Å². The minimum Gasteiger partial charge on any atom is -0.497 e. The fourth-order valence-corrected chi connectivity index (χ4v) is 3.73. The fourth-order valence-electron chi connectivity index (χ4n) is 3.73. The average Bonchev–Trinajstić information content (AvgIpc) is 3.31. The van der Waals surface area contributed by atoms with E-state index in [4.69, 9.17) is 28.4 Å². The molecule has 0 saturated carbocycles. The molecule has 5 atom stereocenters. The van der Waals surface area contributed by atoms with E-state index in [0.717, 1.165) is 37.2 Å². The Morgan fingerprint density at radius 2 is 1.79 bits per heavy atom. The molecule has 0 N–H and O–H groups in total. The molecule has 0 bridgehead atoms. The lowest BCUT2D eigenvalue weighted by Gasteiger charge is -2.27. The molecule has 152 valence electrons. The van der Waals surface area contributed by atoms with Crippen molar-refractivity contribution in [2.24, 2.45) is 0 Å². The second-order valence-corrected chi connectivity index (χ2v) is 7.15. The van der Waals surface area contributed by atoms with Crippen LogP contribution in [0.15, 0.2) is 30.3 Å². The van der Waals surface area contributed by atoms with E-state index in [2.05, 4.69) is 0 Å². The maximum atomic E-state index is 12.2. The fraction of sp³-hybridized carbons (Fsp3) is 0.571. The van der Waals surface area contributed by atoms with Crippen LogP contribution in [0.4, 0.5) is 0 Å². The van der Waals surface area contributed by atoms with Crippen LogP contribution in [0, 0.1) is 0 Å². The minimum absolute atomic E-state index is 0.188. The van der Waals surface area contributed by atoms with Crippen LogP contribution >= 0.6 is 0 Å². The molecule has 3 fully saturated rings. The van der Waals surface area contributed by atoms with Crippen molar-refractivity contribution in [2.45, 2.75) is 50.0 Å². The predicted octanol–water partition coefficient (Wildman–Crippen LogP) is 2.33. The van der Waals surface area contributed by atoms with Gasteiger partial charge in [0.05, 0.1) is 20.3 Å². The van der Waals surface area contributed by atoms with Gasteiger partial charge < -0.3 is 28.4 Å². The summed E-state index contributed by atoms with van der Waals surface area (Å²) in [5.74, 6) is 0.344. The van der Waals surface area contributed by atoms with E-state index >= 15 is 0 Å². The van der Waals surface area contributed by atoms with Crippen LogP contribution in [-0.2, 0) is 28.5 Å². The summed E-state index contributed by atoms with van der Waals surface area (Å²) in [7, 11) is 1.61. The van der Waals surface area contributed by atoms with E-state index in [-0.39, 0.29) is 24.6 Å². The molecule has 3 saturated heterocycles. The van der Waals surface area contributed by atoms with Crippen molar-refractivity contribution in [1.29, 1.82) is 0 Å². The third-order valence-corrected chi connectivity index (χ3v) is 5.22. The number of hydrogen-bond donors (Lipinski definition) is 0. The predicted molar refractivity (Wildman–Crippen MR) is 99.9 cm³/mol. The van der Waals surface area contributed by atoms with E-state index in [1.54, 1.807) is 13.2 Å². The summed E-state index contributed by atoms with van der Waals surface area (Å²) in [4.78, 5) is 12.2. The van der Waals surface area contributed by atoms with Crippen molar-refractivity contribution in [3.63, 3.8) is 0 Å². The molecule has 0 amide bonds. The molecule has 28 heavy (non-hydrogen) atoms. The second-order valence-electron chi connectivity index (χ2n) is 7.15. The number of ether oxygens (including phenoxy) is 6. The van der Waals surface area contributed by atoms with Gasteiger partial charge in [-0.2, -0.15) is 0 Å². The van der Waals surface area contributed by atoms with Gasteiger partial charge in [0, 0.05) is 12.7 Å². The lowest BCUT2D eigenvalue weighted by Crippen LogP contribution is -2.37. The molecule has 3 aliphatic heterocycles. The molecule has 0 aromatic heterocycles. The first kappa shape index (κ1) is 19.4. The molecule has 1 aromatic rings. The Morgan fingerprint density at radius 3 is 2.50 bits per heavy atom. The van der Waals surface area contributed by atoms with Crippen LogP contribution in [0.2, 0.25) is 0 Å². The molecular weight excluding hydrogens is 364 g/mol. The largest absolute Gasteiger partial charge is 0.497 e. The van der Waals surface area contributed by atoms with Crippen molar-refractivity contribution >= 4 is 12.0 Å². The summed E-state index contributed by atoms with van der Waals surface area (Å²) in [5, 5.41) is 0. The summed E-state index contributed by atoms with van der Waals surface area (Å²) in [5.41, 5.74) is 0.886. The average molecular weight is 390 g/mol. The number of benzene rings is 1. The Morgan fingerprint density at radius 1 is 1.04 bits per heavy atom. The van der Waals surface area contributed by atoms with Gasteiger partial charge in [0.1, 0.15) is 24.1 Å². The van der Waals surface area contributed by atoms with Crippen LogP contribution in [0.5, 0.6) is 5.75 Å². The molecule has 7 nitrogen and oxygen atoms in total. The zero-order valence-corrected chi connectivity index (χ0v) is 16.0. The maximum absolute atomic E-state index is 12.2. The summed E-state index contributed by atoms with van der Waals surface area (Å²) in [6.45, 7) is 1.46. The van der Waals surface area contributed by atoms with E-state index in [0.29, 0.717) is 13.2 Å². The Bertz CT molecular complexity index is 680. The van der Waals surface area contributed by atoms with Gasteiger partial charge in [0.15, 0.2) is 12.4 Å². The van der Waals surface area contributed by atoms with Gasteiger partial charge in [-0.05, 0) is 43.0 Å². The number of esters is 1. The number of fused-ring (bicyclic) bond motifs is 1. The molecule has 0 radical (unpaired) electrons. The van der Waals surface area contributed by atoms with Gasteiger partial charge in [-0.3, -0.25) is 0 Å². The Labute approximate surface area is 164 Å². The quantitative estimate of drug-likeness (QED) is 0.545. The molecule has 3 aliphatic rings. The van der Waals surface area contributed by atoms with Gasteiger partial charge in [-0.1, -0.05) is 12.1 Å². The van der Waals surface area contributed by atoms with E-state index in [9.17, 15) is 4.79 Å². The molecular formula is C21H26O7. The Balaban J connectivity index is 1.27. The Hall–Kier alpha value is -1.93. The molecule has 4 rings (SSSR count). The highest BCUT2D eigenvalue weighted by atomic mass is 16.7. The zero-order chi connectivity index (χ0) is 19.3. The first-order valence-electron chi connectivity index (χ1n) is 9.76. The number of methoxy groups -OCH3 is 1. The molecule has 7 heteroatoms. The van der Waals surface area contributed by atoms with Crippen molar-refractivity contribution in [3.05, 3.63) is 35.9 Å². The highest BCUT2D eigenvalue weighted by Gasteiger charge is 2.50. The van der Waals surface area contributed by atoms with E-state index < -0.39 is 12.1 Å². The van der Waals surface area contributed by atoms with Gasteiger partial charge in [0.2, 0.25) is 0 Å². The molecule has 5 unspecified atom stereocenters. The third kappa shape index (κ3) is 4.55. The van der Waals surface area contributed by atoms with Crippen molar-refractivity contribution in [2.75, 3.05) is 26.9 Å². The smallest absolute Gasteiger partial charge is 0.331 e. The van der Waals surface area contributed by atoms with Crippen LogP contribution in [-0.4, -0.2) is 63.6 Å². The number of hydrogen-bond acceptors (Lipinski definition) is 7. The SMILES string of the molecule is COc1ccc(C=CC(=O)OC2COC3C(OC4CCCCO4)COC23)cc1. The summed E-state index contributed by atoms with van der Waals surface area (Å²) in [6.07, 6.45) is 4.84. The van der Waals surface area contributed by atoms with Crippen molar-refractivity contribution in [1.82, 2.24) is 0 Å². The number of carbonyl (C=O) groups is 1. The lowest BCUT2D eigenvalue weighted by molar-refractivity contribution is -0.202. The van der Waals surface area contributed by atoms with E-state index in [1.165, 1.54) is 6.08 Å². The highest BCUT2D eigenvalue weighted by molar-refractivity contribution is 5.87. The maximum Gasteiger partial charge on any atom is 0.331 e. The summed E-state index contributed by atoms with van der Waals surface area (Å²) in [6, 6.07) is 7.41. The lowest BCUT2D eigenvalue weighted by atomic mass is 10.1. The summed E-state index contributed by atoms with van der Waals surface area (Å²) >= 11 is 0. The monoisotopic (exact) mass is 390 g/mol. The minimum atomic E-state index is -0.432. The molecule has 0 spiro atoms. The van der Waals surface area contributed by atoms with Crippen LogP contribution in [0.1, 0.15) is 24.8 Å². The van der Waals surface area contributed by atoms with Gasteiger partial charge in [-0.15, -0.1) is 0 Å². The molecule has 0 aliphatic carbocycles. The van der Waals surface area contributed by atoms with E-state index in [1.807, 2.05) is 24.3 Å². The van der Waals surface area contributed by atoms with Gasteiger partial charge >= 0.3 is 5.97 Å². The standard InChI is InChI=1S/C21H26O7/c1-23-15-8-5-14(6-9-15)7-10-18(22)27-16-12-25-21-17(13-26-20(16)21)28-19-4-2-3-11-24-19/h5-10,16-17,19-21H,2-4,11-13H2,1H3. The normalized spacial score (nSPS) is 32.4. The molecule has 3 heterocycles. The van der Waals surface area contributed by atoms with Gasteiger partial charge in [0.25, 0.3) is 0 Å². The van der Waals surface area contributed by atoms with Crippen LogP contribution in [0.25, 0.3) is 6.08 Å². The van der Waals surface area contributed by atoms with Crippen LogP contribution in [0.3, 0.4) is 0 Å². The van der Waals surface area contributed by atoms with Crippen molar-refractivity contribution in [3.8, 4) is 5.75 Å². The van der Waals surface area contributed by atoms with Crippen LogP contribution < -0.4 is 4.74 Å². The molecule has 1 aromatic carbocycles. The zero-order valence-electron chi connectivity index (χ0n) is 16.0. The first-order valence-corrected chi connectivity index (χ1v) is 9.76. The third-order valence-electron chi connectivity index (χ3n) is 5.22. The second kappa shape index (κ2) is 9.05. The number of carbonyl (C=O) groups excluding carboxylic acids is 1. The Kier molecular flexibility index (Phi) is 6.26. The highest BCUT2D eigenvalue weighted by Crippen LogP contribution is 2.32. The van der Waals surface area contributed by atoms with Gasteiger partial charge in [-0.25, -0.2) is 4.79 Å².